The molecule has 1 atom stereocenters. The first-order valence-corrected chi connectivity index (χ1v) is 6.68. The van der Waals surface area contributed by atoms with E-state index >= 15 is 0 Å². The fourth-order valence-electron chi connectivity index (χ4n) is 1.56. The first kappa shape index (κ1) is 16.3. The van der Waals surface area contributed by atoms with E-state index in [9.17, 15) is 5.11 Å². The maximum absolute atomic E-state index is 9.73. The smallest absolute Gasteiger partial charge is 0.162 e. The van der Waals surface area contributed by atoms with Gasteiger partial charge in [0.2, 0.25) is 0 Å². The molecule has 5 nitrogen and oxygen atoms in total. The van der Waals surface area contributed by atoms with Crippen molar-refractivity contribution < 1.29 is 19.3 Å². The highest BCUT2D eigenvalue weighted by Crippen LogP contribution is 2.27. The molecule has 0 saturated heterocycles. The Labute approximate surface area is 119 Å². The summed E-state index contributed by atoms with van der Waals surface area (Å²) < 4.78 is 15.9. The van der Waals surface area contributed by atoms with Gasteiger partial charge in [0.15, 0.2) is 11.5 Å². The standard InChI is InChI=1S/C15H21NO4/c1-3-4-7-19-10-13(17)11-20-14-6-5-12(9-16)8-15(14)18-2/h5-6,8,13,17H,3-4,7,10-11H2,1-2H3. The minimum Gasteiger partial charge on any atom is -0.493 e. The van der Waals surface area contributed by atoms with Crippen LogP contribution < -0.4 is 9.47 Å². The van der Waals surface area contributed by atoms with Crippen LogP contribution in [0.1, 0.15) is 25.3 Å². The van der Waals surface area contributed by atoms with Crippen molar-refractivity contribution in [3.63, 3.8) is 0 Å². The zero-order chi connectivity index (χ0) is 14.8. The van der Waals surface area contributed by atoms with Crippen LogP contribution in [0.4, 0.5) is 0 Å². The van der Waals surface area contributed by atoms with Crippen LogP contribution in [-0.4, -0.2) is 38.1 Å². The molecule has 1 aromatic carbocycles. The lowest BCUT2D eigenvalue weighted by molar-refractivity contribution is 0.0109. The number of hydrogen-bond donors (Lipinski definition) is 1. The predicted molar refractivity (Wildman–Crippen MR) is 74.9 cm³/mol. The van der Waals surface area contributed by atoms with E-state index in [1.165, 1.54) is 7.11 Å². The minimum atomic E-state index is -0.688. The third-order valence-corrected chi connectivity index (χ3v) is 2.68. The largest absolute Gasteiger partial charge is 0.493 e. The molecule has 0 bridgehead atoms. The van der Waals surface area contributed by atoms with Crippen molar-refractivity contribution in [2.75, 3.05) is 26.9 Å². The van der Waals surface area contributed by atoms with Crippen molar-refractivity contribution in [3.8, 4) is 17.6 Å². The highest BCUT2D eigenvalue weighted by Gasteiger charge is 2.09. The summed E-state index contributed by atoms with van der Waals surface area (Å²) in [6.07, 6.45) is 1.36. The summed E-state index contributed by atoms with van der Waals surface area (Å²) in [5.41, 5.74) is 0.498. The molecule has 1 aromatic rings. The Morgan fingerprint density at radius 1 is 1.30 bits per heavy atom. The summed E-state index contributed by atoms with van der Waals surface area (Å²) in [5.74, 6) is 0.974. The fourth-order valence-corrected chi connectivity index (χ4v) is 1.56. The van der Waals surface area contributed by atoms with Crippen LogP contribution in [0.3, 0.4) is 0 Å². The Morgan fingerprint density at radius 2 is 2.10 bits per heavy atom. The normalized spacial score (nSPS) is 11.7. The fraction of sp³-hybridized carbons (Fsp3) is 0.533. The lowest BCUT2D eigenvalue weighted by Gasteiger charge is -2.14. The summed E-state index contributed by atoms with van der Waals surface area (Å²) in [5, 5.41) is 18.5. The van der Waals surface area contributed by atoms with Crippen molar-refractivity contribution >= 4 is 0 Å². The first-order valence-electron chi connectivity index (χ1n) is 6.68. The van der Waals surface area contributed by atoms with E-state index in [0.29, 0.717) is 23.7 Å². The highest BCUT2D eigenvalue weighted by atomic mass is 16.5. The van der Waals surface area contributed by atoms with Gasteiger partial charge in [0.05, 0.1) is 25.3 Å². The summed E-state index contributed by atoms with van der Waals surface area (Å²) >= 11 is 0. The molecule has 1 unspecified atom stereocenters. The predicted octanol–water partition coefficient (Wildman–Crippen LogP) is 2.12. The number of nitriles is 1. The number of aliphatic hydroxyl groups is 1. The first-order chi connectivity index (χ1) is 9.71. The van der Waals surface area contributed by atoms with E-state index in [0.717, 1.165) is 12.8 Å². The van der Waals surface area contributed by atoms with Crippen molar-refractivity contribution in [1.29, 1.82) is 5.26 Å². The average Bonchev–Trinajstić information content (AvgIpc) is 2.49. The second kappa shape index (κ2) is 9.18. The molecule has 20 heavy (non-hydrogen) atoms. The number of aliphatic hydroxyl groups excluding tert-OH is 1. The van der Waals surface area contributed by atoms with Crippen molar-refractivity contribution in [2.24, 2.45) is 0 Å². The van der Waals surface area contributed by atoms with Gasteiger partial charge in [-0.3, -0.25) is 0 Å². The third-order valence-electron chi connectivity index (χ3n) is 2.68. The Morgan fingerprint density at radius 3 is 2.75 bits per heavy atom. The van der Waals surface area contributed by atoms with Crippen LogP contribution in [0.25, 0.3) is 0 Å². The molecule has 1 rings (SSSR count). The molecule has 5 heteroatoms. The second-order valence-electron chi connectivity index (χ2n) is 4.37. The molecule has 0 aliphatic carbocycles. The lowest BCUT2D eigenvalue weighted by atomic mass is 10.2. The zero-order valence-electron chi connectivity index (χ0n) is 12.0. The van der Waals surface area contributed by atoms with E-state index < -0.39 is 6.10 Å². The number of hydrogen-bond acceptors (Lipinski definition) is 5. The molecule has 0 aliphatic rings. The molecular formula is C15H21NO4. The van der Waals surface area contributed by atoms with Crippen molar-refractivity contribution in [1.82, 2.24) is 0 Å². The van der Waals surface area contributed by atoms with Crippen LogP contribution in [0, 0.1) is 11.3 Å². The Kier molecular flexibility index (Phi) is 7.48. The van der Waals surface area contributed by atoms with Gasteiger partial charge in [-0.1, -0.05) is 13.3 Å². The lowest BCUT2D eigenvalue weighted by Crippen LogP contribution is -2.23. The van der Waals surface area contributed by atoms with E-state index in [-0.39, 0.29) is 13.2 Å². The SMILES string of the molecule is CCCCOCC(O)COc1ccc(C#N)cc1OC. The van der Waals surface area contributed by atoms with Crippen LogP contribution in [-0.2, 0) is 4.74 Å². The Bertz CT molecular complexity index is 442. The Balaban J connectivity index is 2.43. The summed E-state index contributed by atoms with van der Waals surface area (Å²) in [7, 11) is 1.51. The van der Waals surface area contributed by atoms with E-state index in [1.807, 2.05) is 6.07 Å². The number of benzene rings is 1. The molecular weight excluding hydrogens is 258 g/mol. The van der Waals surface area contributed by atoms with Gasteiger partial charge >= 0.3 is 0 Å². The van der Waals surface area contributed by atoms with Gasteiger partial charge in [-0.15, -0.1) is 0 Å². The molecule has 1 N–H and O–H groups in total. The summed E-state index contributed by atoms with van der Waals surface area (Å²) in [6.45, 7) is 3.10. The highest BCUT2D eigenvalue weighted by molar-refractivity contribution is 5.46. The van der Waals surface area contributed by atoms with Crippen LogP contribution in [0.15, 0.2) is 18.2 Å². The molecule has 0 saturated carbocycles. The maximum Gasteiger partial charge on any atom is 0.162 e. The van der Waals surface area contributed by atoms with Crippen LogP contribution in [0.2, 0.25) is 0 Å². The summed E-state index contributed by atoms with van der Waals surface area (Å²) in [6, 6.07) is 6.92. The van der Waals surface area contributed by atoms with Crippen LogP contribution >= 0.6 is 0 Å². The molecule has 0 heterocycles. The third kappa shape index (κ3) is 5.47. The molecule has 0 aromatic heterocycles. The maximum atomic E-state index is 9.73. The molecule has 0 aliphatic heterocycles. The molecule has 0 radical (unpaired) electrons. The minimum absolute atomic E-state index is 0.119. The number of ether oxygens (including phenoxy) is 3. The van der Waals surface area contributed by atoms with Crippen molar-refractivity contribution in [2.45, 2.75) is 25.9 Å². The van der Waals surface area contributed by atoms with Gasteiger partial charge in [-0.2, -0.15) is 5.26 Å². The topological polar surface area (TPSA) is 71.7 Å². The van der Waals surface area contributed by atoms with Gasteiger partial charge in [0.25, 0.3) is 0 Å². The quantitative estimate of drug-likeness (QED) is 0.701. The van der Waals surface area contributed by atoms with Gasteiger partial charge < -0.3 is 19.3 Å². The number of rotatable bonds is 9. The summed E-state index contributed by atoms with van der Waals surface area (Å²) in [4.78, 5) is 0. The van der Waals surface area contributed by atoms with E-state index in [4.69, 9.17) is 19.5 Å². The molecule has 0 amide bonds. The Hall–Kier alpha value is -1.77. The van der Waals surface area contributed by atoms with Crippen LogP contribution in [0.5, 0.6) is 11.5 Å². The second-order valence-corrected chi connectivity index (χ2v) is 4.37. The van der Waals surface area contributed by atoms with Crippen molar-refractivity contribution in [3.05, 3.63) is 23.8 Å². The number of nitrogens with zero attached hydrogens (tertiary/aromatic N) is 1. The van der Waals surface area contributed by atoms with Gasteiger partial charge in [0, 0.05) is 12.7 Å². The van der Waals surface area contributed by atoms with Gasteiger partial charge in [-0.05, 0) is 18.6 Å². The molecule has 0 spiro atoms. The zero-order valence-corrected chi connectivity index (χ0v) is 12.0. The molecule has 110 valence electrons. The number of methoxy groups -OCH3 is 1. The van der Waals surface area contributed by atoms with Gasteiger partial charge in [-0.25, -0.2) is 0 Å². The van der Waals surface area contributed by atoms with E-state index in [2.05, 4.69) is 6.92 Å². The van der Waals surface area contributed by atoms with E-state index in [1.54, 1.807) is 18.2 Å². The monoisotopic (exact) mass is 279 g/mol. The van der Waals surface area contributed by atoms with Gasteiger partial charge in [0.1, 0.15) is 12.7 Å². The number of unbranched alkanes of at least 4 members (excludes halogenated alkanes) is 1. The average molecular weight is 279 g/mol. The molecule has 0 fully saturated rings.